The average molecular weight is 364 g/mol. The topological polar surface area (TPSA) is 82.1 Å². The van der Waals surface area contributed by atoms with E-state index in [1.807, 2.05) is 36.4 Å². The molecular weight excluding hydrogens is 348 g/mol. The van der Waals surface area contributed by atoms with Gasteiger partial charge in [0.2, 0.25) is 0 Å². The van der Waals surface area contributed by atoms with Crippen molar-refractivity contribution in [1.82, 2.24) is 0 Å². The fraction of sp³-hybridized carbons (Fsp3) is 0.0476. The first kappa shape index (κ1) is 18.0. The first-order chi connectivity index (χ1) is 13.0. The van der Waals surface area contributed by atoms with Crippen molar-refractivity contribution in [2.75, 3.05) is 7.11 Å². The van der Waals surface area contributed by atoms with Crippen LogP contribution < -0.4 is 14.2 Å². The molecule has 3 aromatic rings. The zero-order valence-electron chi connectivity index (χ0n) is 14.4. The lowest BCUT2D eigenvalue weighted by molar-refractivity contribution is 0.0734. The van der Waals surface area contributed by atoms with Crippen molar-refractivity contribution >= 4 is 12.1 Å². The van der Waals surface area contributed by atoms with Crippen LogP contribution in [0.4, 0.5) is 4.79 Å². The summed E-state index contributed by atoms with van der Waals surface area (Å²) in [5, 5.41) is 8.55. The Morgan fingerprint density at radius 3 is 1.59 bits per heavy atom. The molecule has 0 spiro atoms. The van der Waals surface area contributed by atoms with Gasteiger partial charge in [0.25, 0.3) is 0 Å². The Bertz CT molecular complexity index is 928. The van der Waals surface area contributed by atoms with E-state index in [1.165, 1.54) is 24.3 Å². The van der Waals surface area contributed by atoms with Gasteiger partial charge >= 0.3 is 12.1 Å². The quantitative estimate of drug-likeness (QED) is 0.403. The van der Waals surface area contributed by atoms with Crippen molar-refractivity contribution < 1.29 is 28.9 Å². The minimum Gasteiger partial charge on any atom is -0.497 e. The van der Waals surface area contributed by atoms with E-state index in [1.54, 1.807) is 19.2 Å². The molecule has 0 aromatic heterocycles. The number of carboxylic acid groups (broad SMARTS) is 1. The maximum atomic E-state index is 12.2. The van der Waals surface area contributed by atoms with Crippen LogP contribution >= 0.6 is 0 Å². The summed E-state index contributed by atoms with van der Waals surface area (Å²) in [4.78, 5) is 22.7. The highest BCUT2D eigenvalue weighted by molar-refractivity contribution is 5.91. The second kappa shape index (κ2) is 8.05. The molecule has 0 heterocycles. The Labute approximate surface area is 155 Å². The molecule has 0 amide bonds. The molecule has 0 fully saturated rings. The van der Waals surface area contributed by atoms with E-state index in [9.17, 15) is 9.59 Å². The van der Waals surface area contributed by atoms with Crippen molar-refractivity contribution in [3.63, 3.8) is 0 Å². The third kappa shape index (κ3) is 4.64. The van der Waals surface area contributed by atoms with Crippen LogP contribution in [0.2, 0.25) is 0 Å². The minimum atomic E-state index is -1.41. The number of hydrogen-bond acceptors (Lipinski definition) is 5. The number of benzene rings is 3. The maximum Gasteiger partial charge on any atom is 0.511 e. The molecule has 27 heavy (non-hydrogen) atoms. The van der Waals surface area contributed by atoms with Crippen LogP contribution in [0, 0.1) is 0 Å². The summed E-state index contributed by atoms with van der Waals surface area (Å²) in [6, 6.07) is 20.4. The number of carbonyl (C=O) groups excluding carboxylic acids is 1. The average Bonchev–Trinajstić information content (AvgIpc) is 2.69. The Hall–Kier alpha value is -3.80. The fourth-order valence-corrected chi connectivity index (χ4v) is 2.42. The number of carbonyl (C=O) groups is 2. The van der Waals surface area contributed by atoms with E-state index >= 15 is 0 Å². The normalized spacial score (nSPS) is 10.1. The Balaban J connectivity index is 1.66. The molecule has 6 heteroatoms. The molecule has 0 aliphatic heterocycles. The smallest absolute Gasteiger partial charge is 0.497 e. The van der Waals surface area contributed by atoms with Gasteiger partial charge in [-0.1, -0.05) is 24.3 Å². The second-order valence-corrected chi connectivity index (χ2v) is 5.53. The predicted octanol–water partition coefficient (Wildman–Crippen LogP) is 4.64. The Morgan fingerprint density at radius 1 is 0.667 bits per heavy atom. The van der Waals surface area contributed by atoms with E-state index in [2.05, 4.69) is 4.74 Å². The molecule has 0 aliphatic rings. The monoisotopic (exact) mass is 364 g/mol. The lowest BCUT2D eigenvalue weighted by atomic mass is 10.1. The Morgan fingerprint density at radius 2 is 1.11 bits per heavy atom. The number of esters is 1. The van der Waals surface area contributed by atoms with Crippen LogP contribution in [0.1, 0.15) is 10.4 Å². The molecule has 0 saturated heterocycles. The van der Waals surface area contributed by atoms with Gasteiger partial charge in [-0.2, -0.15) is 0 Å². The minimum absolute atomic E-state index is 0.128. The second-order valence-electron chi connectivity index (χ2n) is 5.53. The van der Waals surface area contributed by atoms with Crippen molar-refractivity contribution in [2.45, 2.75) is 0 Å². The summed E-state index contributed by atoms with van der Waals surface area (Å²) < 4.78 is 15.0. The van der Waals surface area contributed by atoms with Gasteiger partial charge in [-0.3, -0.25) is 0 Å². The van der Waals surface area contributed by atoms with Crippen molar-refractivity contribution in [3.05, 3.63) is 78.4 Å². The predicted molar refractivity (Wildman–Crippen MR) is 98.5 cm³/mol. The third-order valence-corrected chi connectivity index (χ3v) is 3.78. The summed E-state index contributed by atoms with van der Waals surface area (Å²) >= 11 is 0. The highest BCUT2D eigenvalue weighted by Crippen LogP contribution is 2.25. The summed E-state index contributed by atoms with van der Waals surface area (Å²) in [5.41, 5.74) is 2.28. The molecule has 3 rings (SSSR count). The number of methoxy groups -OCH3 is 1. The summed E-state index contributed by atoms with van der Waals surface area (Å²) in [7, 11) is 1.62. The fourth-order valence-electron chi connectivity index (χ4n) is 2.42. The standard InChI is InChI=1S/C21H16O6/c1-25-17-8-2-14(3-9-17)15-4-10-18(11-5-15)26-20(22)16-6-12-19(13-7-16)27-21(23)24/h2-13H,1H3,(H,23,24). The first-order valence-corrected chi connectivity index (χ1v) is 8.02. The molecule has 0 atom stereocenters. The largest absolute Gasteiger partial charge is 0.511 e. The molecule has 0 saturated carbocycles. The van der Waals surface area contributed by atoms with Gasteiger partial charge in [0.05, 0.1) is 12.7 Å². The van der Waals surface area contributed by atoms with Crippen LogP contribution in [0.15, 0.2) is 72.8 Å². The number of ether oxygens (including phenoxy) is 3. The third-order valence-electron chi connectivity index (χ3n) is 3.78. The van der Waals surface area contributed by atoms with E-state index in [4.69, 9.17) is 14.6 Å². The van der Waals surface area contributed by atoms with Crippen LogP contribution in [-0.2, 0) is 0 Å². The zero-order valence-corrected chi connectivity index (χ0v) is 14.4. The summed E-state index contributed by atoms with van der Waals surface area (Å²) in [6.45, 7) is 0. The van der Waals surface area contributed by atoms with Crippen molar-refractivity contribution in [2.24, 2.45) is 0 Å². The SMILES string of the molecule is COc1ccc(-c2ccc(OC(=O)c3ccc(OC(=O)O)cc3)cc2)cc1. The Kier molecular flexibility index (Phi) is 5.37. The lowest BCUT2D eigenvalue weighted by Gasteiger charge is -2.07. The number of hydrogen-bond donors (Lipinski definition) is 1. The number of rotatable bonds is 5. The molecule has 6 nitrogen and oxygen atoms in total. The van der Waals surface area contributed by atoms with Crippen molar-refractivity contribution in [3.8, 4) is 28.4 Å². The van der Waals surface area contributed by atoms with Gasteiger partial charge < -0.3 is 19.3 Å². The molecule has 0 unspecified atom stereocenters. The highest BCUT2D eigenvalue weighted by atomic mass is 16.7. The zero-order chi connectivity index (χ0) is 19.2. The highest BCUT2D eigenvalue weighted by Gasteiger charge is 2.10. The molecule has 0 bridgehead atoms. The van der Waals surface area contributed by atoms with Gasteiger partial charge in [0.1, 0.15) is 17.2 Å². The van der Waals surface area contributed by atoms with Gasteiger partial charge in [0.15, 0.2) is 0 Å². The van der Waals surface area contributed by atoms with Crippen LogP contribution in [0.25, 0.3) is 11.1 Å². The van der Waals surface area contributed by atoms with Gasteiger partial charge in [-0.15, -0.1) is 0 Å². The summed E-state index contributed by atoms with van der Waals surface area (Å²) in [5.74, 6) is 0.768. The molecule has 0 radical (unpaired) electrons. The molecule has 0 aliphatic carbocycles. The van der Waals surface area contributed by atoms with E-state index in [0.29, 0.717) is 5.75 Å². The molecule has 136 valence electrons. The summed E-state index contributed by atoms with van der Waals surface area (Å²) in [6.07, 6.45) is -1.41. The van der Waals surface area contributed by atoms with Crippen molar-refractivity contribution in [1.29, 1.82) is 0 Å². The first-order valence-electron chi connectivity index (χ1n) is 8.02. The molecular formula is C21H16O6. The van der Waals surface area contributed by atoms with Crippen LogP contribution in [0.5, 0.6) is 17.2 Å². The molecule has 3 aromatic carbocycles. The van der Waals surface area contributed by atoms with E-state index in [0.717, 1.165) is 16.9 Å². The van der Waals surface area contributed by atoms with Crippen LogP contribution in [-0.4, -0.2) is 24.3 Å². The van der Waals surface area contributed by atoms with Crippen LogP contribution in [0.3, 0.4) is 0 Å². The maximum absolute atomic E-state index is 12.2. The van der Waals surface area contributed by atoms with Gasteiger partial charge in [-0.25, -0.2) is 9.59 Å². The van der Waals surface area contributed by atoms with Gasteiger partial charge in [0, 0.05) is 0 Å². The van der Waals surface area contributed by atoms with Gasteiger partial charge in [-0.05, 0) is 59.7 Å². The van der Waals surface area contributed by atoms with E-state index < -0.39 is 12.1 Å². The van der Waals surface area contributed by atoms with E-state index in [-0.39, 0.29) is 11.3 Å². The molecule has 1 N–H and O–H groups in total. The lowest BCUT2D eigenvalue weighted by Crippen LogP contribution is -2.09.